The van der Waals surface area contributed by atoms with E-state index in [0.29, 0.717) is 0 Å². The van der Waals surface area contributed by atoms with Crippen molar-refractivity contribution in [2.75, 3.05) is 19.6 Å². The zero-order valence-electron chi connectivity index (χ0n) is 8.57. The fourth-order valence-electron chi connectivity index (χ4n) is 1.36. The fraction of sp³-hybridized carbons (Fsp3) is 0.857. The lowest BCUT2D eigenvalue weighted by Crippen LogP contribution is -2.55. The first-order chi connectivity index (χ1) is 7.60. The number of rotatable bonds is 5. The molecule has 0 aromatic heterocycles. The summed E-state index contributed by atoms with van der Waals surface area (Å²) in [6, 6.07) is 0. The summed E-state index contributed by atoms with van der Waals surface area (Å²) in [5, 5.41) is 8.42. The molecule has 0 atom stereocenters. The lowest BCUT2D eigenvalue weighted by atomic mass is 10.00. The lowest BCUT2D eigenvalue weighted by molar-refractivity contribution is -0.139. The van der Waals surface area contributed by atoms with Gasteiger partial charge in [0.2, 0.25) is 0 Å². The van der Waals surface area contributed by atoms with Gasteiger partial charge in [-0.2, -0.15) is 30.6 Å². The Labute approximate surface area is 95.6 Å². The second-order valence-electron chi connectivity index (χ2n) is 3.72. The topological polar surface area (TPSA) is 86.7 Å². The van der Waals surface area contributed by atoms with Crippen LogP contribution in [0.2, 0.25) is 0 Å². The van der Waals surface area contributed by atoms with Gasteiger partial charge in [0.05, 0.1) is 6.42 Å². The Morgan fingerprint density at radius 3 is 2.35 bits per heavy atom. The van der Waals surface area contributed by atoms with Gasteiger partial charge in [0, 0.05) is 13.1 Å². The Morgan fingerprint density at radius 1 is 1.41 bits per heavy atom. The van der Waals surface area contributed by atoms with Crippen molar-refractivity contribution in [1.29, 1.82) is 0 Å². The highest BCUT2D eigenvalue weighted by atomic mass is 32.2. The number of carbonyl (C=O) groups is 1. The van der Waals surface area contributed by atoms with Crippen LogP contribution in [0.5, 0.6) is 0 Å². The van der Waals surface area contributed by atoms with E-state index in [1.54, 1.807) is 0 Å². The van der Waals surface area contributed by atoms with Crippen LogP contribution in [0.25, 0.3) is 0 Å². The molecular weight excluding hydrogens is 265 g/mol. The molecule has 100 valence electrons. The van der Waals surface area contributed by atoms with Crippen molar-refractivity contribution in [2.24, 2.45) is 5.92 Å². The minimum Gasteiger partial charge on any atom is -0.481 e. The molecule has 1 heterocycles. The molecule has 1 aliphatic rings. The van der Waals surface area contributed by atoms with E-state index in [1.165, 1.54) is 4.72 Å². The molecular formula is C7H11F3N2O4S. The minimum atomic E-state index is -4.61. The predicted molar refractivity (Wildman–Crippen MR) is 50.3 cm³/mol. The van der Waals surface area contributed by atoms with Crippen molar-refractivity contribution in [3.8, 4) is 0 Å². The van der Waals surface area contributed by atoms with Crippen LogP contribution in [-0.4, -0.2) is 49.6 Å². The lowest BCUT2D eigenvalue weighted by Gasteiger charge is -2.37. The maximum atomic E-state index is 11.8. The minimum absolute atomic E-state index is 0.0699. The number of nitrogens with zero attached hydrogens (tertiary/aromatic N) is 1. The third-order valence-electron chi connectivity index (χ3n) is 2.18. The van der Waals surface area contributed by atoms with E-state index >= 15 is 0 Å². The van der Waals surface area contributed by atoms with Crippen molar-refractivity contribution in [1.82, 2.24) is 9.03 Å². The number of halogens is 3. The number of carboxylic acid groups (broad SMARTS) is 1. The monoisotopic (exact) mass is 276 g/mol. The highest BCUT2D eigenvalue weighted by Gasteiger charge is 2.38. The standard InChI is InChI=1S/C7H11F3N2O4S/c8-7(9,10)4-11-17(15,16)12-2-5(3-12)1-6(13)14/h5,11H,1-4H2,(H,13,14). The maximum absolute atomic E-state index is 11.8. The Morgan fingerprint density at radius 2 is 1.94 bits per heavy atom. The van der Waals surface area contributed by atoms with Gasteiger partial charge >= 0.3 is 12.1 Å². The molecule has 0 spiro atoms. The second kappa shape index (κ2) is 4.78. The van der Waals surface area contributed by atoms with Gasteiger partial charge in [-0.05, 0) is 5.92 Å². The fourth-order valence-corrected chi connectivity index (χ4v) is 2.70. The van der Waals surface area contributed by atoms with Crippen LogP contribution in [0.15, 0.2) is 0 Å². The van der Waals surface area contributed by atoms with Crippen LogP contribution in [0, 0.1) is 5.92 Å². The molecule has 1 aliphatic heterocycles. The number of alkyl halides is 3. The first kappa shape index (κ1) is 14.2. The van der Waals surface area contributed by atoms with Gasteiger partial charge in [-0.1, -0.05) is 0 Å². The van der Waals surface area contributed by atoms with E-state index in [1.807, 2.05) is 0 Å². The summed E-state index contributed by atoms with van der Waals surface area (Å²) < 4.78 is 60.1. The van der Waals surface area contributed by atoms with E-state index < -0.39 is 28.9 Å². The van der Waals surface area contributed by atoms with Gasteiger partial charge in [-0.15, -0.1) is 0 Å². The van der Waals surface area contributed by atoms with Crippen molar-refractivity contribution < 1.29 is 31.5 Å². The van der Waals surface area contributed by atoms with Crippen LogP contribution >= 0.6 is 0 Å². The van der Waals surface area contributed by atoms with Gasteiger partial charge in [-0.3, -0.25) is 4.79 Å². The van der Waals surface area contributed by atoms with E-state index in [-0.39, 0.29) is 25.4 Å². The molecule has 0 aromatic rings. The summed E-state index contributed by atoms with van der Waals surface area (Å²) in [7, 11) is -4.16. The summed E-state index contributed by atoms with van der Waals surface area (Å²) in [6.45, 7) is -1.77. The molecule has 17 heavy (non-hydrogen) atoms. The molecule has 0 radical (unpaired) electrons. The molecule has 6 nitrogen and oxygen atoms in total. The SMILES string of the molecule is O=C(O)CC1CN(S(=O)(=O)NCC(F)(F)F)C1. The van der Waals surface area contributed by atoms with E-state index in [4.69, 9.17) is 5.11 Å². The molecule has 0 aliphatic carbocycles. The van der Waals surface area contributed by atoms with Crippen molar-refractivity contribution in [3.63, 3.8) is 0 Å². The zero-order valence-corrected chi connectivity index (χ0v) is 9.38. The van der Waals surface area contributed by atoms with Crippen molar-refractivity contribution in [3.05, 3.63) is 0 Å². The predicted octanol–water partition coefficient (Wildman–Crippen LogP) is -0.210. The summed E-state index contributed by atoms with van der Waals surface area (Å²) >= 11 is 0. The Balaban J connectivity index is 2.39. The molecule has 10 heteroatoms. The molecule has 1 rings (SSSR count). The summed E-state index contributed by atoms with van der Waals surface area (Å²) in [5.74, 6) is -1.40. The van der Waals surface area contributed by atoms with Crippen molar-refractivity contribution in [2.45, 2.75) is 12.6 Å². The van der Waals surface area contributed by atoms with Crippen LogP contribution in [0.3, 0.4) is 0 Å². The Kier molecular flexibility index (Phi) is 3.99. The Hall–Kier alpha value is -0.870. The van der Waals surface area contributed by atoms with Crippen LogP contribution < -0.4 is 4.72 Å². The Bertz CT molecular complexity index is 388. The molecule has 0 aromatic carbocycles. The third kappa shape index (κ3) is 4.48. The number of carboxylic acids is 1. The average molecular weight is 276 g/mol. The molecule has 1 saturated heterocycles. The first-order valence-corrected chi connectivity index (χ1v) is 6.07. The van der Waals surface area contributed by atoms with Gasteiger partial charge < -0.3 is 5.11 Å². The molecule has 0 amide bonds. The number of aliphatic carboxylic acids is 1. The summed E-state index contributed by atoms with van der Waals surface area (Å²) in [5.41, 5.74) is 0. The summed E-state index contributed by atoms with van der Waals surface area (Å²) in [6.07, 6.45) is -4.80. The van der Waals surface area contributed by atoms with E-state index in [9.17, 15) is 26.4 Å². The first-order valence-electron chi connectivity index (χ1n) is 4.63. The van der Waals surface area contributed by atoms with Crippen LogP contribution in [0.1, 0.15) is 6.42 Å². The van der Waals surface area contributed by atoms with Gasteiger partial charge in [0.1, 0.15) is 6.54 Å². The highest BCUT2D eigenvalue weighted by Crippen LogP contribution is 2.22. The smallest absolute Gasteiger partial charge is 0.402 e. The van der Waals surface area contributed by atoms with E-state index in [2.05, 4.69) is 0 Å². The average Bonchev–Trinajstić information content (AvgIpc) is 2.06. The molecule has 1 fully saturated rings. The van der Waals surface area contributed by atoms with Gasteiger partial charge in [0.25, 0.3) is 10.2 Å². The van der Waals surface area contributed by atoms with Crippen molar-refractivity contribution >= 4 is 16.2 Å². The molecule has 0 unspecified atom stereocenters. The van der Waals surface area contributed by atoms with Gasteiger partial charge in [0.15, 0.2) is 0 Å². The van der Waals surface area contributed by atoms with Gasteiger partial charge in [-0.25, -0.2) is 0 Å². The molecule has 0 saturated carbocycles. The van der Waals surface area contributed by atoms with E-state index in [0.717, 1.165) is 4.31 Å². The second-order valence-corrected chi connectivity index (χ2v) is 5.48. The highest BCUT2D eigenvalue weighted by molar-refractivity contribution is 7.87. The largest absolute Gasteiger partial charge is 0.481 e. The molecule has 0 bridgehead atoms. The summed E-state index contributed by atoms with van der Waals surface area (Å²) in [4.78, 5) is 10.3. The number of nitrogens with one attached hydrogen (secondary N) is 1. The molecule has 2 N–H and O–H groups in total. The maximum Gasteiger partial charge on any atom is 0.402 e. The van der Waals surface area contributed by atoms with Crippen LogP contribution in [0.4, 0.5) is 13.2 Å². The number of hydrogen-bond donors (Lipinski definition) is 2. The quantitative estimate of drug-likeness (QED) is 0.727. The number of hydrogen-bond acceptors (Lipinski definition) is 3. The third-order valence-corrected chi connectivity index (χ3v) is 3.67. The normalized spacial score (nSPS) is 19.0. The zero-order chi connectivity index (χ0) is 13.3. The van der Waals surface area contributed by atoms with Crippen LogP contribution in [-0.2, 0) is 15.0 Å².